The first-order valence-corrected chi connectivity index (χ1v) is 6.88. The lowest BCUT2D eigenvalue weighted by Gasteiger charge is -2.11. The van der Waals surface area contributed by atoms with E-state index < -0.39 is 0 Å². The minimum Gasteiger partial charge on any atom is -0.328 e. The number of hydrogen-bond donors (Lipinski definition) is 1. The second-order valence-electron chi connectivity index (χ2n) is 5.42. The number of hydrogen-bond acceptors (Lipinski definition) is 3. The Balaban J connectivity index is 1.84. The van der Waals surface area contributed by atoms with E-state index in [0.29, 0.717) is 5.92 Å². The van der Waals surface area contributed by atoms with Gasteiger partial charge in [-0.15, -0.1) is 0 Å². The predicted octanol–water partition coefficient (Wildman–Crippen LogP) is 2.44. The zero-order chi connectivity index (χ0) is 13.2. The van der Waals surface area contributed by atoms with Gasteiger partial charge in [-0.25, -0.2) is 9.97 Å². The topological polar surface area (TPSA) is 51.8 Å². The first-order valence-electron chi connectivity index (χ1n) is 6.88. The quantitative estimate of drug-likeness (QED) is 0.914. The minimum absolute atomic E-state index is 0.154. The van der Waals surface area contributed by atoms with Crippen LogP contribution in [-0.2, 0) is 12.8 Å². The fourth-order valence-electron chi connectivity index (χ4n) is 2.85. The molecule has 0 aliphatic heterocycles. The van der Waals surface area contributed by atoms with Crippen molar-refractivity contribution in [3.63, 3.8) is 0 Å². The molecule has 2 atom stereocenters. The molecule has 2 unspecified atom stereocenters. The summed E-state index contributed by atoms with van der Waals surface area (Å²) >= 11 is 0. The Morgan fingerprint density at radius 1 is 1.26 bits per heavy atom. The van der Waals surface area contributed by atoms with Gasteiger partial charge in [0.15, 0.2) is 0 Å². The maximum absolute atomic E-state index is 5.79. The first-order chi connectivity index (χ1) is 9.24. The first kappa shape index (κ1) is 12.3. The number of aryl methyl sites for hydroxylation is 1. The Labute approximate surface area is 113 Å². The summed E-state index contributed by atoms with van der Waals surface area (Å²) in [5.74, 6) is 1.30. The van der Waals surface area contributed by atoms with E-state index in [2.05, 4.69) is 34.2 Å². The second kappa shape index (κ2) is 5.10. The molecule has 0 radical (unpaired) electrons. The smallest absolute Gasteiger partial charge is 0.135 e. The summed E-state index contributed by atoms with van der Waals surface area (Å²) in [4.78, 5) is 9.09. The van der Waals surface area contributed by atoms with Crippen LogP contribution in [0.25, 0.3) is 0 Å². The van der Waals surface area contributed by atoms with Gasteiger partial charge in [-0.3, -0.25) is 0 Å². The molecule has 19 heavy (non-hydrogen) atoms. The van der Waals surface area contributed by atoms with E-state index in [1.807, 2.05) is 19.3 Å². The number of nitrogens with two attached hydrogens (primary N) is 1. The molecule has 98 valence electrons. The van der Waals surface area contributed by atoms with Crippen molar-refractivity contribution in [1.82, 2.24) is 9.97 Å². The average molecular weight is 253 g/mol. The van der Waals surface area contributed by atoms with Crippen LogP contribution in [-0.4, -0.2) is 16.0 Å². The third-order valence-electron chi connectivity index (χ3n) is 3.73. The van der Waals surface area contributed by atoms with Gasteiger partial charge in [0.1, 0.15) is 5.82 Å². The monoisotopic (exact) mass is 253 g/mol. The highest BCUT2D eigenvalue weighted by molar-refractivity contribution is 5.38. The molecule has 0 saturated carbocycles. The fraction of sp³-hybridized carbons (Fsp3) is 0.375. The summed E-state index contributed by atoms with van der Waals surface area (Å²) in [5.41, 5.74) is 9.74. The van der Waals surface area contributed by atoms with Gasteiger partial charge in [-0.1, -0.05) is 24.3 Å². The van der Waals surface area contributed by atoms with Gasteiger partial charge >= 0.3 is 0 Å². The molecule has 3 nitrogen and oxygen atoms in total. The SMILES string of the molecule is CC(N)Cc1cnc(C2CCc3ccccc32)nc1. The Morgan fingerprint density at radius 3 is 2.74 bits per heavy atom. The predicted molar refractivity (Wildman–Crippen MR) is 76.0 cm³/mol. The van der Waals surface area contributed by atoms with Crippen molar-refractivity contribution in [3.05, 3.63) is 59.2 Å². The van der Waals surface area contributed by atoms with Crippen molar-refractivity contribution in [2.24, 2.45) is 5.73 Å². The molecule has 0 spiro atoms. The van der Waals surface area contributed by atoms with Crippen LogP contribution < -0.4 is 5.73 Å². The molecule has 0 amide bonds. The van der Waals surface area contributed by atoms with Crippen LogP contribution in [0, 0.1) is 0 Å². The van der Waals surface area contributed by atoms with Crippen molar-refractivity contribution in [1.29, 1.82) is 0 Å². The number of aromatic nitrogens is 2. The van der Waals surface area contributed by atoms with E-state index in [4.69, 9.17) is 5.73 Å². The van der Waals surface area contributed by atoms with Crippen LogP contribution in [0.5, 0.6) is 0 Å². The van der Waals surface area contributed by atoms with E-state index in [1.54, 1.807) is 0 Å². The molecule has 0 saturated heterocycles. The molecule has 1 heterocycles. The van der Waals surface area contributed by atoms with Crippen LogP contribution in [0.15, 0.2) is 36.7 Å². The second-order valence-corrected chi connectivity index (χ2v) is 5.42. The third-order valence-corrected chi connectivity index (χ3v) is 3.73. The molecule has 0 bridgehead atoms. The van der Waals surface area contributed by atoms with Gasteiger partial charge in [-0.2, -0.15) is 0 Å². The van der Waals surface area contributed by atoms with Gasteiger partial charge < -0.3 is 5.73 Å². The van der Waals surface area contributed by atoms with Crippen molar-refractivity contribution in [2.75, 3.05) is 0 Å². The van der Waals surface area contributed by atoms with Crippen LogP contribution in [0.3, 0.4) is 0 Å². The van der Waals surface area contributed by atoms with Crippen molar-refractivity contribution >= 4 is 0 Å². The molecule has 1 aromatic carbocycles. The van der Waals surface area contributed by atoms with Crippen molar-refractivity contribution in [3.8, 4) is 0 Å². The molecule has 2 aromatic rings. The van der Waals surface area contributed by atoms with Gasteiger partial charge in [0.2, 0.25) is 0 Å². The summed E-state index contributed by atoms with van der Waals surface area (Å²) < 4.78 is 0. The molecule has 0 fully saturated rings. The largest absolute Gasteiger partial charge is 0.328 e. The highest BCUT2D eigenvalue weighted by Gasteiger charge is 2.25. The maximum Gasteiger partial charge on any atom is 0.135 e. The molecule has 2 N–H and O–H groups in total. The van der Waals surface area contributed by atoms with Gasteiger partial charge in [-0.05, 0) is 42.9 Å². The van der Waals surface area contributed by atoms with Crippen LogP contribution in [0.4, 0.5) is 0 Å². The Hall–Kier alpha value is -1.74. The summed E-state index contributed by atoms with van der Waals surface area (Å²) in [6, 6.07) is 8.77. The van der Waals surface area contributed by atoms with Crippen LogP contribution in [0.1, 0.15) is 41.8 Å². The minimum atomic E-state index is 0.154. The maximum atomic E-state index is 5.79. The molecular formula is C16H19N3. The van der Waals surface area contributed by atoms with E-state index in [0.717, 1.165) is 30.7 Å². The highest BCUT2D eigenvalue weighted by atomic mass is 14.9. The lowest BCUT2D eigenvalue weighted by atomic mass is 10.0. The Bertz CT molecular complexity index is 560. The zero-order valence-corrected chi connectivity index (χ0v) is 11.2. The standard InChI is InChI=1S/C16H19N3/c1-11(17)8-12-9-18-16(19-10-12)15-7-6-13-4-2-3-5-14(13)15/h2-5,9-11,15H,6-8,17H2,1H3. The van der Waals surface area contributed by atoms with Crippen LogP contribution >= 0.6 is 0 Å². The number of nitrogens with zero attached hydrogens (tertiary/aromatic N) is 2. The van der Waals surface area contributed by atoms with Gasteiger partial charge in [0.05, 0.1) is 0 Å². The normalized spacial score (nSPS) is 19.2. The Morgan fingerprint density at radius 2 is 2.00 bits per heavy atom. The number of fused-ring (bicyclic) bond motifs is 1. The number of benzene rings is 1. The van der Waals surface area contributed by atoms with Crippen molar-refractivity contribution < 1.29 is 0 Å². The third kappa shape index (κ3) is 2.51. The molecular weight excluding hydrogens is 234 g/mol. The van der Waals surface area contributed by atoms with E-state index in [9.17, 15) is 0 Å². The van der Waals surface area contributed by atoms with Crippen LogP contribution in [0.2, 0.25) is 0 Å². The summed E-state index contributed by atoms with van der Waals surface area (Å²) in [6.45, 7) is 2.00. The lowest BCUT2D eigenvalue weighted by Crippen LogP contribution is -2.18. The molecule has 1 aromatic heterocycles. The summed E-state index contributed by atoms with van der Waals surface area (Å²) in [6.07, 6.45) is 6.93. The van der Waals surface area contributed by atoms with E-state index >= 15 is 0 Å². The average Bonchev–Trinajstić information content (AvgIpc) is 2.83. The highest BCUT2D eigenvalue weighted by Crippen LogP contribution is 2.36. The lowest BCUT2D eigenvalue weighted by molar-refractivity contribution is 0.705. The van der Waals surface area contributed by atoms with E-state index in [1.165, 1.54) is 11.1 Å². The Kier molecular flexibility index (Phi) is 3.30. The van der Waals surface area contributed by atoms with E-state index in [-0.39, 0.29) is 6.04 Å². The summed E-state index contributed by atoms with van der Waals surface area (Å²) in [5, 5.41) is 0. The summed E-state index contributed by atoms with van der Waals surface area (Å²) in [7, 11) is 0. The molecule has 3 rings (SSSR count). The molecule has 1 aliphatic rings. The van der Waals surface area contributed by atoms with Gasteiger partial charge in [0.25, 0.3) is 0 Å². The van der Waals surface area contributed by atoms with Gasteiger partial charge in [0, 0.05) is 24.4 Å². The molecule has 1 aliphatic carbocycles. The fourth-order valence-corrected chi connectivity index (χ4v) is 2.85. The van der Waals surface area contributed by atoms with Crippen molar-refractivity contribution in [2.45, 2.75) is 38.1 Å². The molecule has 3 heteroatoms. The number of rotatable bonds is 3. The zero-order valence-electron chi connectivity index (χ0n) is 11.2.